The van der Waals surface area contributed by atoms with E-state index in [1.165, 1.54) is 0 Å². The van der Waals surface area contributed by atoms with Crippen LogP contribution < -0.4 is 5.73 Å². The Balaban J connectivity index is 2.90. The summed E-state index contributed by atoms with van der Waals surface area (Å²) in [6, 6.07) is 7.22. The van der Waals surface area contributed by atoms with Crippen molar-refractivity contribution in [1.82, 2.24) is 0 Å². The van der Waals surface area contributed by atoms with Gasteiger partial charge < -0.3 is 5.73 Å². The standard InChI is InChI=1S/C8H9NO/c9-5-7-1-3-8(6-10)4-2-7/h1-4,6H,5,9H2. The lowest BCUT2D eigenvalue weighted by Crippen LogP contribution is -1.95. The number of nitrogens with two attached hydrogens (primary N) is 1. The van der Waals surface area contributed by atoms with E-state index in [1.54, 1.807) is 12.1 Å². The zero-order valence-corrected chi connectivity index (χ0v) is 5.58. The molecule has 0 saturated heterocycles. The third-order valence-electron chi connectivity index (χ3n) is 1.35. The molecule has 0 aliphatic carbocycles. The van der Waals surface area contributed by atoms with Gasteiger partial charge in [0.25, 0.3) is 0 Å². The number of hydrogen-bond donors (Lipinski definition) is 1. The lowest BCUT2D eigenvalue weighted by atomic mass is 10.1. The van der Waals surface area contributed by atoms with Crippen LogP contribution in [0.25, 0.3) is 0 Å². The zero-order valence-electron chi connectivity index (χ0n) is 5.58. The lowest BCUT2D eigenvalue weighted by Gasteiger charge is -1.93. The predicted octanol–water partition coefficient (Wildman–Crippen LogP) is 0.958. The van der Waals surface area contributed by atoms with Crippen molar-refractivity contribution in [2.75, 3.05) is 0 Å². The fourth-order valence-corrected chi connectivity index (χ4v) is 0.732. The molecule has 0 atom stereocenters. The summed E-state index contributed by atoms with van der Waals surface area (Å²) >= 11 is 0. The van der Waals surface area contributed by atoms with E-state index in [-0.39, 0.29) is 0 Å². The van der Waals surface area contributed by atoms with Crippen molar-refractivity contribution in [2.45, 2.75) is 6.54 Å². The molecule has 0 heterocycles. The number of hydrogen-bond acceptors (Lipinski definition) is 2. The van der Waals surface area contributed by atoms with Crippen LogP contribution in [-0.2, 0) is 6.54 Å². The highest BCUT2D eigenvalue weighted by Gasteiger charge is 1.88. The average molecular weight is 135 g/mol. The van der Waals surface area contributed by atoms with Gasteiger partial charge in [-0.05, 0) is 5.56 Å². The molecule has 1 aromatic carbocycles. The molecule has 2 heteroatoms. The number of rotatable bonds is 2. The van der Waals surface area contributed by atoms with Crippen molar-refractivity contribution in [1.29, 1.82) is 0 Å². The minimum absolute atomic E-state index is 0.527. The molecule has 0 aliphatic rings. The van der Waals surface area contributed by atoms with E-state index < -0.39 is 0 Å². The fraction of sp³-hybridized carbons (Fsp3) is 0.125. The first-order valence-electron chi connectivity index (χ1n) is 3.11. The topological polar surface area (TPSA) is 43.1 Å². The molecule has 0 fully saturated rings. The molecule has 0 aromatic heterocycles. The molecule has 10 heavy (non-hydrogen) atoms. The maximum absolute atomic E-state index is 10.2. The smallest absolute Gasteiger partial charge is 0.150 e. The molecule has 52 valence electrons. The van der Waals surface area contributed by atoms with Crippen LogP contribution in [0.5, 0.6) is 0 Å². The Kier molecular flexibility index (Phi) is 2.18. The van der Waals surface area contributed by atoms with Crippen LogP contribution in [0, 0.1) is 0 Å². The molecule has 0 saturated carbocycles. The van der Waals surface area contributed by atoms with E-state index in [0.717, 1.165) is 11.8 Å². The van der Waals surface area contributed by atoms with Gasteiger partial charge in [-0.15, -0.1) is 0 Å². The SMILES string of the molecule is NCc1ccc(C=O)cc1. The van der Waals surface area contributed by atoms with Crippen LogP contribution in [-0.4, -0.2) is 6.29 Å². The molecular formula is C8H9NO. The Morgan fingerprint density at radius 3 is 2.30 bits per heavy atom. The molecule has 1 rings (SSSR count). The highest BCUT2D eigenvalue weighted by molar-refractivity contribution is 5.74. The van der Waals surface area contributed by atoms with Gasteiger partial charge in [-0.25, -0.2) is 0 Å². The van der Waals surface area contributed by atoms with E-state index in [4.69, 9.17) is 5.73 Å². The predicted molar refractivity (Wildman–Crippen MR) is 39.7 cm³/mol. The van der Waals surface area contributed by atoms with E-state index in [0.29, 0.717) is 12.1 Å². The van der Waals surface area contributed by atoms with Gasteiger partial charge in [0.05, 0.1) is 0 Å². The van der Waals surface area contributed by atoms with E-state index in [2.05, 4.69) is 0 Å². The van der Waals surface area contributed by atoms with Gasteiger partial charge in [0.1, 0.15) is 6.29 Å². The van der Waals surface area contributed by atoms with E-state index in [1.807, 2.05) is 12.1 Å². The molecule has 2 N–H and O–H groups in total. The highest BCUT2D eigenvalue weighted by atomic mass is 16.1. The van der Waals surface area contributed by atoms with Crippen LogP contribution >= 0.6 is 0 Å². The van der Waals surface area contributed by atoms with Crippen LogP contribution in [0.15, 0.2) is 24.3 Å². The van der Waals surface area contributed by atoms with Crippen molar-refractivity contribution in [3.05, 3.63) is 35.4 Å². The summed E-state index contributed by atoms with van der Waals surface area (Å²) in [6.45, 7) is 0.527. The van der Waals surface area contributed by atoms with Gasteiger partial charge >= 0.3 is 0 Å². The molecule has 2 nitrogen and oxygen atoms in total. The first-order valence-corrected chi connectivity index (χ1v) is 3.11. The van der Waals surface area contributed by atoms with Gasteiger partial charge in [0, 0.05) is 12.1 Å². The molecular weight excluding hydrogens is 126 g/mol. The number of carbonyl (C=O) groups is 1. The Bertz CT molecular complexity index is 215. The number of benzene rings is 1. The second kappa shape index (κ2) is 3.13. The van der Waals surface area contributed by atoms with Crippen LogP contribution in [0.4, 0.5) is 0 Å². The largest absolute Gasteiger partial charge is 0.326 e. The van der Waals surface area contributed by atoms with Gasteiger partial charge in [-0.2, -0.15) is 0 Å². The molecule has 0 unspecified atom stereocenters. The van der Waals surface area contributed by atoms with Gasteiger partial charge in [-0.1, -0.05) is 24.3 Å². The Morgan fingerprint density at radius 2 is 1.90 bits per heavy atom. The summed E-state index contributed by atoms with van der Waals surface area (Å²) in [5.41, 5.74) is 7.09. The molecule has 0 radical (unpaired) electrons. The molecule has 1 aromatic rings. The highest BCUT2D eigenvalue weighted by Crippen LogP contribution is 2.00. The molecule has 0 amide bonds. The quantitative estimate of drug-likeness (QED) is 0.614. The summed E-state index contributed by atoms with van der Waals surface area (Å²) in [7, 11) is 0. The van der Waals surface area contributed by atoms with Crippen molar-refractivity contribution in [3.8, 4) is 0 Å². The van der Waals surface area contributed by atoms with Gasteiger partial charge in [0.15, 0.2) is 0 Å². The van der Waals surface area contributed by atoms with Crippen molar-refractivity contribution >= 4 is 6.29 Å². The van der Waals surface area contributed by atoms with Crippen molar-refractivity contribution < 1.29 is 4.79 Å². The summed E-state index contributed by atoms with van der Waals surface area (Å²) in [6.07, 6.45) is 0.820. The maximum atomic E-state index is 10.2. The number of aldehydes is 1. The summed E-state index contributed by atoms with van der Waals surface area (Å²) < 4.78 is 0. The van der Waals surface area contributed by atoms with Gasteiger partial charge in [-0.3, -0.25) is 4.79 Å². The normalized spacial score (nSPS) is 9.30. The summed E-state index contributed by atoms with van der Waals surface area (Å²) in [4.78, 5) is 10.2. The molecule has 0 spiro atoms. The van der Waals surface area contributed by atoms with Crippen molar-refractivity contribution in [2.24, 2.45) is 5.73 Å². The maximum Gasteiger partial charge on any atom is 0.150 e. The van der Waals surface area contributed by atoms with E-state index >= 15 is 0 Å². The van der Waals surface area contributed by atoms with Crippen molar-refractivity contribution in [3.63, 3.8) is 0 Å². The minimum Gasteiger partial charge on any atom is -0.326 e. The first-order chi connectivity index (χ1) is 4.86. The number of carbonyl (C=O) groups excluding carboxylic acids is 1. The Morgan fingerprint density at radius 1 is 1.30 bits per heavy atom. The lowest BCUT2D eigenvalue weighted by molar-refractivity contribution is 0.112. The molecule has 0 aliphatic heterocycles. The monoisotopic (exact) mass is 135 g/mol. The van der Waals surface area contributed by atoms with Gasteiger partial charge in [0.2, 0.25) is 0 Å². The fourth-order valence-electron chi connectivity index (χ4n) is 0.732. The van der Waals surface area contributed by atoms with E-state index in [9.17, 15) is 4.79 Å². The molecule has 0 bridgehead atoms. The third kappa shape index (κ3) is 1.42. The summed E-state index contributed by atoms with van der Waals surface area (Å²) in [5, 5.41) is 0. The minimum atomic E-state index is 0.527. The van der Waals surface area contributed by atoms with Crippen LogP contribution in [0.1, 0.15) is 15.9 Å². The second-order valence-corrected chi connectivity index (χ2v) is 2.06. The van der Waals surface area contributed by atoms with Crippen LogP contribution in [0.3, 0.4) is 0 Å². The third-order valence-corrected chi connectivity index (χ3v) is 1.35. The summed E-state index contributed by atoms with van der Waals surface area (Å²) in [5.74, 6) is 0. The second-order valence-electron chi connectivity index (χ2n) is 2.06. The first kappa shape index (κ1) is 6.96. The Labute approximate surface area is 59.7 Å². The average Bonchev–Trinajstić information content (AvgIpc) is 2.05. The zero-order chi connectivity index (χ0) is 7.40. The Hall–Kier alpha value is -1.15. The van der Waals surface area contributed by atoms with Crippen LogP contribution in [0.2, 0.25) is 0 Å².